The average molecular weight is 351 g/mol. The van der Waals surface area contributed by atoms with Crippen LogP contribution in [-0.2, 0) is 25.6 Å². The summed E-state index contributed by atoms with van der Waals surface area (Å²) < 4.78 is 22.3. The second kappa shape index (κ2) is 11.1. The lowest BCUT2D eigenvalue weighted by Crippen LogP contribution is -2.44. The summed E-state index contributed by atoms with van der Waals surface area (Å²) >= 11 is 0. The van der Waals surface area contributed by atoms with Crippen LogP contribution in [0.25, 0.3) is 0 Å². The summed E-state index contributed by atoms with van der Waals surface area (Å²) in [5, 5.41) is 0. The van der Waals surface area contributed by atoms with E-state index in [4.69, 9.17) is 18.9 Å². The van der Waals surface area contributed by atoms with Gasteiger partial charge in [-0.05, 0) is 32.3 Å². The zero-order valence-corrected chi connectivity index (χ0v) is 15.2. The highest BCUT2D eigenvalue weighted by Crippen LogP contribution is 2.16. The van der Waals surface area contributed by atoms with E-state index >= 15 is 0 Å². The number of benzene rings is 1. The molecule has 1 fully saturated rings. The molecule has 25 heavy (non-hydrogen) atoms. The Hall–Kier alpha value is -1.63. The molecule has 1 aromatic rings. The summed E-state index contributed by atoms with van der Waals surface area (Å²) in [7, 11) is 0. The predicted octanol–water partition coefficient (Wildman–Crippen LogP) is 3.20. The fraction of sp³-hybridized carbons (Fsp3) is 0.632. The molecule has 1 aliphatic rings. The van der Waals surface area contributed by atoms with Crippen LogP contribution in [-0.4, -0.2) is 56.3 Å². The molecule has 6 heteroatoms. The van der Waals surface area contributed by atoms with Gasteiger partial charge in [0.25, 0.3) is 0 Å². The number of carbonyl (C=O) groups is 1. The van der Waals surface area contributed by atoms with Gasteiger partial charge in [0.05, 0.1) is 19.3 Å². The molecule has 1 saturated heterocycles. The lowest BCUT2D eigenvalue weighted by molar-refractivity contribution is -0.179. The van der Waals surface area contributed by atoms with Crippen molar-refractivity contribution >= 4 is 6.09 Å². The number of hydrogen-bond acceptors (Lipinski definition) is 5. The number of rotatable bonds is 9. The molecule has 1 aliphatic heterocycles. The minimum atomic E-state index is -0.351. The van der Waals surface area contributed by atoms with Gasteiger partial charge in [-0.15, -0.1) is 0 Å². The van der Waals surface area contributed by atoms with Gasteiger partial charge in [-0.25, -0.2) is 4.79 Å². The van der Waals surface area contributed by atoms with Gasteiger partial charge in [-0.3, -0.25) is 0 Å². The van der Waals surface area contributed by atoms with Crippen LogP contribution in [0, 0.1) is 0 Å². The first kappa shape index (κ1) is 19.7. The fourth-order valence-corrected chi connectivity index (χ4v) is 2.78. The lowest BCUT2D eigenvalue weighted by Gasteiger charge is -2.32. The molecule has 0 radical (unpaired) electrons. The number of amides is 1. The molecule has 0 N–H and O–H groups in total. The van der Waals surface area contributed by atoms with Gasteiger partial charge in [-0.2, -0.15) is 0 Å². The monoisotopic (exact) mass is 351 g/mol. The van der Waals surface area contributed by atoms with Crippen LogP contribution in [0.3, 0.4) is 0 Å². The van der Waals surface area contributed by atoms with E-state index in [0.717, 1.165) is 18.4 Å². The van der Waals surface area contributed by atoms with Gasteiger partial charge < -0.3 is 23.8 Å². The van der Waals surface area contributed by atoms with Gasteiger partial charge in [-0.1, -0.05) is 30.3 Å². The molecule has 0 spiro atoms. The number of likely N-dealkylation sites (tertiary alicyclic amines) is 1. The Morgan fingerprint density at radius 3 is 2.60 bits per heavy atom. The maximum atomic E-state index is 12.3. The van der Waals surface area contributed by atoms with Crippen LogP contribution in [0.5, 0.6) is 0 Å². The second-order valence-electron chi connectivity index (χ2n) is 5.92. The van der Waals surface area contributed by atoms with E-state index in [1.54, 1.807) is 4.90 Å². The van der Waals surface area contributed by atoms with Crippen molar-refractivity contribution in [3.63, 3.8) is 0 Å². The Balaban J connectivity index is 1.74. The van der Waals surface area contributed by atoms with Gasteiger partial charge in [0, 0.05) is 19.8 Å². The van der Waals surface area contributed by atoms with Gasteiger partial charge >= 0.3 is 6.09 Å². The van der Waals surface area contributed by atoms with Crippen molar-refractivity contribution in [3.8, 4) is 0 Å². The topological polar surface area (TPSA) is 57.2 Å². The van der Waals surface area contributed by atoms with Crippen molar-refractivity contribution in [2.24, 2.45) is 0 Å². The molecule has 0 aromatic heterocycles. The highest BCUT2D eigenvalue weighted by Gasteiger charge is 2.26. The molecule has 0 aliphatic carbocycles. The highest BCUT2D eigenvalue weighted by molar-refractivity contribution is 5.67. The van der Waals surface area contributed by atoms with Crippen LogP contribution in [0.15, 0.2) is 30.3 Å². The molecule has 140 valence electrons. The quantitative estimate of drug-likeness (QED) is 0.640. The van der Waals surface area contributed by atoms with Gasteiger partial charge in [0.15, 0.2) is 6.29 Å². The number of ether oxygens (including phenoxy) is 4. The van der Waals surface area contributed by atoms with Crippen molar-refractivity contribution in [2.45, 2.75) is 45.7 Å². The van der Waals surface area contributed by atoms with Crippen molar-refractivity contribution in [1.82, 2.24) is 4.90 Å². The normalized spacial score (nSPS) is 17.7. The summed E-state index contributed by atoms with van der Waals surface area (Å²) in [5.74, 6) is 0. The Bertz CT molecular complexity index is 490. The Kier molecular flexibility index (Phi) is 8.72. The Labute approximate surface area is 150 Å². The minimum absolute atomic E-state index is 0.0126. The maximum absolute atomic E-state index is 12.3. The standard InChI is InChI=1S/C19H29NO5/c1-3-22-18(23-4-2)15-24-17-11-8-12-20(13-17)19(21)25-14-16-9-6-5-7-10-16/h5-7,9-10,17-18H,3-4,8,11-15H2,1-2H3. The smallest absolute Gasteiger partial charge is 0.410 e. The van der Waals surface area contributed by atoms with Crippen LogP contribution >= 0.6 is 0 Å². The number of carbonyl (C=O) groups excluding carboxylic acids is 1. The second-order valence-corrected chi connectivity index (χ2v) is 5.92. The first-order valence-corrected chi connectivity index (χ1v) is 9.03. The van der Waals surface area contributed by atoms with E-state index < -0.39 is 0 Å². The lowest BCUT2D eigenvalue weighted by atomic mass is 10.1. The van der Waals surface area contributed by atoms with E-state index in [-0.39, 0.29) is 18.5 Å². The molecule has 0 saturated carbocycles. The van der Waals surface area contributed by atoms with E-state index in [1.807, 2.05) is 44.2 Å². The molecule has 1 atom stereocenters. The largest absolute Gasteiger partial charge is 0.445 e. The third-order valence-electron chi connectivity index (χ3n) is 4.01. The first-order chi connectivity index (χ1) is 12.2. The van der Waals surface area contributed by atoms with Crippen molar-refractivity contribution in [3.05, 3.63) is 35.9 Å². The maximum Gasteiger partial charge on any atom is 0.410 e. The van der Waals surface area contributed by atoms with Crippen molar-refractivity contribution in [2.75, 3.05) is 32.9 Å². The van der Waals surface area contributed by atoms with Crippen LogP contribution in [0.1, 0.15) is 32.3 Å². The van der Waals surface area contributed by atoms with Crippen molar-refractivity contribution < 1.29 is 23.7 Å². The van der Waals surface area contributed by atoms with Crippen LogP contribution < -0.4 is 0 Å². The van der Waals surface area contributed by atoms with E-state index in [9.17, 15) is 4.79 Å². The van der Waals surface area contributed by atoms with E-state index in [1.165, 1.54) is 0 Å². The first-order valence-electron chi connectivity index (χ1n) is 9.03. The molecule has 6 nitrogen and oxygen atoms in total. The van der Waals surface area contributed by atoms with E-state index in [2.05, 4.69) is 0 Å². The third kappa shape index (κ3) is 7.02. The van der Waals surface area contributed by atoms with Gasteiger partial charge in [0.1, 0.15) is 6.61 Å². The number of piperidine rings is 1. The summed E-state index contributed by atoms with van der Waals surface area (Å²) in [6, 6.07) is 9.69. The van der Waals surface area contributed by atoms with Gasteiger partial charge in [0.2, 0.25) is 0 Å². The zero-order valence-electron chi connectivity index (χ0n) is 15.2. The SMILES string of the molecule is CCOC(COC1CCCN(C(=O)OCc2ccccc2)C1)OCC. The fourth-order valence-electron chi connectivity index (χ4n) is 2.78. The average Bonchev–Trinajstić information content (AvgIpc) is 2.65. The zero-order chi connectivity index (χ0) is 17.9. The van der Waals surface area contributed by atoms with Crippen molar-refractivity contribution in [1.29, 1.82) is 0 Å². The molecular weight excluding hydrogens is 322 g/mol. The minimum Gasteiger partial charge on any atom is -0.445 e. The molecule has 2 rings (SSSR count). The van der Waals surface area contributed by atoms with Crippen LogP contribution in [0.4, 0.5) is 4.79 Å². The summed E-state index contributed by atoms with van der Waals surface area (Å²) in [6.07, 6.45) is 1.17. The molecule has 1 unspecified atom stereocenters. The predicted molar refractivity (Wildman–Crippen MR) is 94.2 cm³/mol. The van der Waals surface area contributed by atoms with E-state index in [0.29, 0.717) is 39.5 Å². The molecule has 1 aromatic carbocycles. The summed E-state index contributed by atoms with van der Waals surface area (Å²) in [5.41, 5.74) is 0.983. The number of nitrogens with zero attached hydrogens (tertiary/aromatic N) is 1. The third-order valence-corrected chi connectivity index (χ3v) is 4.01. The Morgan fingerprint density at radius 2 is 1.92 bits per heavy atom. The molecule has 0 bridgehead atoms. The molecular formula is C19H29NO5. The highest BCUT2D eigenvalue weighted by atomic mass is 16.7. The molecule has 1 heterocycles. The Morgan fingerprint density at radius 1 is 1.20 bits per heavy atom. The van der Waals surface area contributed by atoms with Crippen LogP contribution in [0.2, 0.25) is 0 Å². The summed E-state index contributed by atoms with van der Waals surface area (Å²) in [4.78, 5) is 14.0. The molecule has 1 amide bonds. The summed E-state index contributed by atoms with van der Waals surface area (Å²) in [6.45, 7) is 6.92. The number of hydrogen-bond donors (Lipinski definition) is 0.